The number of anilines is 2. The SMILES string of the molecule is CN1CCN(C(=O)c2ccc(C=C3C(=O)Nc4ccc(S(=O)(=O)N5CCc6ccccc65)cc43)[nH]2)CC1. The molecule has 0 spiro atoms. The van der Waals surface area contributed by atoms with E-state index in [0.717, 1.165) is 18.7 Å². The van der Waals surface area contributed by atoms with E-state index >= 15 is 0 Å². The van der Waals surface area contributed by atoms with Crippen LogP contribution in [0.15, 0.2) is 59.5 Å². The molecule has 2 amide bonds. The summed E-state index contributed by atoms with van der Waals surface area (Å²) < 4.78 is 28.5. The molecule has 9 nitrogen and oxygen atoms in total. The number of piperazine rings is 1. The minimum Gasteiger partial charge on any atom is -0.351 e. The lowest BCUT2D eigenvalue weighted by Gasteiger charge is -2.32. The molecule has 0 atom stereocenters. The van der Waals surface area contributed by atoms with E-state index in [9.17, 15) is 18.0 Å². The molecule has 4 heterocycles. The summed E-state index contributed by atoms with van der Waals surface area (Å²) >= 11 is 0. The van der Waals surface area contributed by atoms with Crippen LogP contribution in [0.25, 0.3) is 11.6 Å². The van der Waals surface area contributed by atoms with Crippen molar-refractivity contribution in [3.05, 3.63) is 77.1 Å². The van der Waals surface area contributed by atoms with Crippen molar-refractivity contribution in [1.29, 1.82) is 0 Å². The Labute approximate surface area is 215 Å². The molecule has 0 saturated carbocycles. The zero-order chi connectivity index (χ0) is 25.7. The summed E-state index contributed by atoms with van der Waals surface area (Å²) in [5, 5.41) is 2.81. The number of carbonyl (C=O) groups excluding carboxylic acids is 2. The first-order valence-electron chi connectivity index (χ1n) is 12.3. The minimum atomic E-state index is -3.81. The minimum absolute atomic E-state index is 0.0757. The first kappa shape index (κ1) is 23.5. The smallest absolute Gasteiger partial charge is 0.270 e. The molecule has 10 heteroatoms. The number of likely N-dealkylation sites (N-methyl/N-ethyl adjacent to an activating group) is 1. The Bertz CT molecular complexity index is 1550. The van der Waals surface area contributed by atoms with Crippen LogP contribution >= 0.6 is 0 Å². The Morgan fingerprint density at radius 1 is 0.973 bits per heavy atom. The van der Waals surface area contributed by atoms with Gasteiger partial charge in [-0.3, -0.25) is 13.9 Å². The highest BCUT2D eigenvalue weighted by Crippen LogP contribution is 2.37. The van der Waals surface area contributed by atoms with Gasteiger partial charge in [0.25, 0.3) is 21.8 Å². The number of nitrogens with one attached hydrogen (secondary N) is 2. The number of amides is 2. The number of hydrogen-bond donors (Lipinski definition) is 2. The predicted molar refractivity (Wildman–Crippen MR) is 142 cm³/mol. The van der Waals surface area contributed by atoms with Crippen molar-refractivity contribution in [2.45, 2.75) is 11.3 Å². The molecular formula is C27H27N5O4S. The molecule has 1 aromatic heterocycles. The Morgan fingerprint density at radius 2 is 1.76 bits per heavy atom. The van der Waals surface area contributed by atoms with E-state index in [2.05, 4.69) is 15.2 Å². The summed E-state index contributed by atoms with van der Waals surface area (Å²) in [4.78, 5) is 32.9. The number of H-pyrrole nitrogens is 1. The highest BCUT2D eigenvalue weighted by molar-refractivity contribution is 7.92. The third-order valence-electron chi connectivity index (χ3n) is 7.24. The lowest BCUT2D eigenvalue weighted by molar-refractivity contribution is -0.110. The summed E-state index contributed by atoms with van der Waals surface area (Å²) in [5.41, 5.74) is 4.15. The van der Waals surface area contributed by atoms with E-state index < -0.39 is 10.0 Å². The molecule has 190 valence electrons. The van der Waals surface area contributed by atoms with Crippen LogP contribution in [0, 0.1) is 0 Å². The van der Waals surface area contributed by atoms with Gasteiger partial charge in [0, 0.05) is 49.7 Å². The molecule has 6 rings (SSSR count). The fourth-order valence-electron chi connectivity index (χ4n) is 5.11. The van der Waals surface area contributed by atoms with Gasteiger partial charge in [-0.1, -0.05) is 18.2 Å². The molecule has 3 aliphatic heterocycles. The molecular weight excluding hydrogens is 490 g/mol. The van der Waals surface area contributed by atoms with Gasteiger partial charge >= 0.3 is 0 Å². The molecule has 0 bridgehead atoms. The summed E-state index contributed by atoms with van der Waals surface area (Å²) in [6, 6.07) is 15.7. The number of aromatic amines is 1. The summed E-state index contributed by atoms with van der Waals surface area (Å²) in [5.74, 6) is -0.397. The van der Waals surface area contributed by atoms with Crippen LogP contribution in [0.3, 0.4) is 0 Å². The van der Waals surface area contributed by atoms with Crippen molar-refractivity contribution < 1.29 is 18.0 Å². The van der Waals surface area contributed by atoms with Crippen LogP contribution in [-0.2, 0) is 21.2 Å². The fraction of sp³-hybridized carbons (Fsp3) is 0.259. The predicted octanol–water partition coefficient (Wildman–Crippen LogP) is 2.65. The number of carbonyl (C=O) groups is 2. The Balaban J connectivity index is 1.29. The van der Waals surface area contributed by atoms with Crippen molar-refractivity contribution in [2.75, 3.05) is 49.4 Å². The second kappa shape index (κ2) is 8.89. The Morgan fingerprint density at radius 3 is 2.57 bits per heavy atom. The second-order valence-electron chi connectivity index (χ2n) is 9.60. The first-order chi connectivity index (χ1) is 17.8. The van der Waals surface area contributed by atoms with E-state index in [0.29, 0.717) is 60.0 Å². The zero-order valence-corrected chi connectivity index (χ0v) is 21.2. The van der Waals surface area contributed by atoms with E-state index in [1.54, 1.807) is 30.3 Å². The molecule has 1 fully saturated rings. The number of hydrogen-bond acceptors (Lipinski definition) is 5. The molecule has 1 saturated heterocycles. The monoisotopic (exact) mass is 517 g/mol. The average molecular weight is 518 g/mol. The molecule has 3 aliphatic rings. The number of para-hydroxylation sites is 1. The number of fused-ring (bicyclic) bond motifs is 2. The molecule has 2 aromatic carbocycles. The summed E-state index contributed by atoms with van der Waals surface area (Å²) in [6.45, 7) is 3.37. The van der Waals surface area contributed by atoms with E-state index in [1.807, 2.05) is 36.2 Å². The van der Waals surface area contributed by atoms with Crippen LogP contribution in [0.2, 0.25) is 0 Å². The van der Waals surface area contributed by atoms with Gasteiger partial charge in [-0.25, -0.2) is 8.42 Å². The van der Waals surface area contributed by atoms with Gasteiger partial charge in [0.05, 0.1) is 16.2 Å². The number of sulfonamides is 1. The Hall–Kier alpha value is -3.89. The number of rotatable bonds is 4. The average Bonchev–Trinajstić information content (AvgIpc) is 3.62. The van der Waals surface area contributed by atoms with Gasteiger partial charge in [0.2, 0.25) is 0 Å². The Kier molecular flexibility index (Phi) is 5.65. The first-order valence-corrected chi connectivity index (χ1v) is 13.7. The summed E-state index contributed by atoms with van der Waals surface area (Å²) in [7, 11) is -1.77. The topological polar surface area (TPSA) is 106 Å². The zero-order valence-electron chi connectivity index (χ0n) is 20.4. The van der Waals surface area contributed by atoms with Crippen molar-refractivity contribution in [3.8, 4) is 0 Å². The van der Waals surface area contributed by atoms with Crippen LogP contribution in [0.5, 0.6) is 0 Å². The van der Waals surface area contributed by atoms with Gasteiger partial charge in [0.1, 0.15) is 5.69 Å². The number of aromatic nitrogens is 1. The van der Waals surface area contributed by atoms with Gasteiger partial charge in [-0.05, 0) is 61.5 Å². The third-order valence-corrected chi connectivity index (χ3v) is 9.05. The fourth-order valence-corrected chi connectivity index (χ4v) is 6.64. The highest BCUT2D eigenvalue weighted by atomic mass is 32.2. The molecule has 2 N–H and O–H groups in total. The van der Waals surface area contributed by atoms with E-state index in [1.165, 1.54) is 10.4 Å². The maximum Gasteiger partial charge on any atom is 0.270 e. The molecule has 0 aliphatic carbocycles. The van der Waals surface area contributed by atoms with Crippen molar-refractivity contribution in [1.82, 2.24) is 14.8 Å². The number of benzene rings is 2. The largest absolute Gasteiger partial charge is 0.351 e. The molecule has 3 aromatic rings. The quantitative estimate of drug-likeness (QED) is 0.518. The standard InChI is InChI=1S/C27H27N5O4S/c1-30-12-14-31(15-13-30)27(34)24-8-6-19(28-24)16-22-21-17-20(7-9-23(21)29-26(22)33)37(35,36)32-11-10-18-4-2-3-5-25(18)32/h2-9,16-17,28H,10-15H2,1H3,(H,29,33). The van der Waals surface area contributed by atoms with Gasteiger partial charge in [-0.15, -0.1) is 0 Å². The van der Waals surface area contributed by atoms with Gasteiger partial charge in [-0.2, -0.15) is 0 Å². The molecule has 37 heavy (non-hydrogen) atoms. The van der Waals surface area contributed by atoms with Gasteiger partial charge < -0.3 is 20.1 Å². The highest BCUT2D eigenvalue weighted by Gasteiger charge is 2.33. The van der Waals surface area contributed by atoms with Crippen LogP contribution in [0.4, 0.5) is 11.4 Å². The van der Waals surface area contributed by atoms with Crippen LogP contribution in [-0.4, -0.2) is 74.8 Å². The normalized spacial score (nSPS) is 18.7. The van der Waals surface area contributed by atoms with E-state index in [4.69, 9.17) is 0 Å². The van der Waals surface area contributed by atoms with E-state index in [-0.39, 0.29) is 16.7 Å². The maximum absolute atomic E-state index is 13.5. The maximum atomic E-state index is 13.5. The molecule has 0 radical (unpaired) electrons. The van der Waals surface area contributed by atoms with Gasteiger partial charge in [0.15, 0.2) is 0 Å². The van der Waals surface area contributed by atoms with Crippen molar-refractivity contribution in [3.63, 3.8) is 0 Å². The van der Waals surface area contributed by atoms with Crippen LogP contribution in [0.1, 0.15) is 27.3 Å². The van der Waals surface area contributed by atoms with Crippen molar-refractivity contribution >= 4 is 44.9 Å². The lowest BCUT2D eigenvalue weighted by Crippen LogP contribution is -2.47. The lowest BCUT2D eigenvalue weighted by atomic mass is 10.1. The third kappa shape index (κ3) is 4.11. The molecule has 0 unspecified atom stereocenters. The number of nitrogens with zero attached hydrogens (tertiary/aromatic N) is 3. The van der Waals surface area contributed by atoms with Crippen molar-refractivity contribution in [2.24, 2.45) is 0 Å². The second-order valence-corrected chi connectivity index (χ2v) is 11.5. The van der Waals surface area contributed by atoms with Crippen LogP contribution < -0.4 is 9.62 Å². The summed E-state index contributed by atoms with van der Waals surface area (Å²) in [6.07, 6.45) is 2.32.